The summed E-state index contributed by atoms with van der Waals surface area (Å²) in [5.74, 6) is 0.167. The van der Waals surface area contributed by atoms with Crippen molar-refractivity contribution in [3.05, 3.63) is 62.0 Å². The van der Waals surface area contributed by atoms with Crippen LogP contribution < -0.4 is 5.56 Å². The largest absolute Gasteiger partial charge is 0.378 e. The van der Waals surface area contributed by atoms with Crippen LogP contribution in [0.25, 0.3) is 0 Å². The van der Waals surface area contributed by atoms with Gasteiger partial charge in [0.05, 0.1) is 12.3 Å². The lowest BCUT2D eigenvalue weighted by atomic mass is 10.1. The van der Waals surface area contributed by atoms with Gasteiger partial charge in [0.15, 0.2) is 0 Å². The minimum absolute atomic E-state index is 0.237. The number of nitrogens with zero attached hydrogens (tertiary/aromatic N) is 1. The Balaban J connectivity index is 2.33. The Morgan fingerprint density at radius 1 is 1.47 bits per heavy atom. The van der Waals surface area contributed by atoms with E-state index in [2.05, 4.69) is 25.9 Å². The second-order valence-electron chi connectivity index (χ2n) is 4.01. The zero-order valence-corrected chi connectivity index (χ0v) is 11.8. The van der Waals surface area contributed by atoms with Crippen molar-refractivity contribution in [2.75, 3.05) is 7.11 Å². The van der Waals surface area contributed by atoms with Crippen molar-refractivity contribution in [3.8, 4) is 0 Å². The Kier molecular flexibility index (Phi) is 4.44. The molecule has 0 bridgehead atoms. The number of H-pyrrole nitrogens is 1. The van der Waals surface area contributed by atoms with Gasteiger partial charge >= 0.3 is 0 Å². The van der Waals surface area contributed by atoms with Gasteiger partial charge in [0, 0.05) is 13.5 Å². The fraction of sp³-hybridized carbons (Fsp3) is 0.231. The van der Waals surface area contributed by atoms with Gasteiger partial charge in [0.25, 0.3) is 5.56 Å². The van der Waals surface area contributed by atoms with Crippen LogP contribution in [0.3, 0.4) is 0 Å². The summed E-state index contributed by atoms with van der Waals surface area (Å²) in [4.78, 5) is 18.7. The van der Waals surface area contributed by atoms with Crippen LogP contribution in [0.2, 0.25) is 0 Å². The molecule has 0 saturated carbocycles. The molecular weight excluding hydrogens is 315 g/mol. The molecule has 0 aliphatic heterocycles. The summed E-state index contributed by atoms with van der Waals surface area (Å²) < 4.78 is 18.4. The van der Waals surface area contributed by atoms with Crippen molar-refractivity contribution >= 4 is 15.9 Å². The van der Waals surface area contributed by atoms with Gasteiger partial charge in [0.2, 0.25) is 0 Å². The number of aromatic nitrogens is 2. The predicted octanol–water partition coefficient (Wildman–Crippen LogP) is 2.41. The Morgan fingerprint density at radius 3 is 2.95 bits per heavy atom. The predicted molar refractivity (Wildman–Crippen MR) is 72.5 cm³/mol. The van der Waals surface area contributed by atoms with Crippen LogP contribution in [0.4, 0.5) is 4.39 Å². The number of methoxy groups -OCH3 is 1. The van der Waals surface area contributed by atoms with Crippen LogP contribution in [0.15, 0.2) is 33.5 Å². The van der Waals surface area contributed by atoms with E-state index in [1.807, 2.05) is 0 Å². The van der Waals surface area contributed by atoms with Gasteiger partial charge < -0.3 is 9.72 Å². The number of ether oxygens (including phenoxy) is 1. The van der Waals surface area contributed by atoms with Crippen molar-refractivity contribution in [1.29, 1.82) is 0 Å². The number of hydrogen-bond acceptors (Lipinski definition) is 3. The summed E-state index contributed by atoms with van der Waals surface area (Å²) >= 11 is 3.17. The minimum Gasteiger partial charge on any atom is -0.378 e. The summed E-state index contributed by atoms with van der Waals surface area (Å²) in [5.41, 5.74) is 1.000. The molecular formula is C13H12BrFN2O2. The van der Waals surface area contributed by atoms with Gasteiger partial charge in [0.1, 0.15) is 16.1 Å². The van der Waals surface area contributed by atoms with Crippen LogP contribution in [0.1, 0.15) is 17.1 Å². The van der Waals surface area contributed by atoms with E-state index in [0.29, 0.717) is 22.4 Å². The fourth-order valence-corrected chi connectivity index (χ4v) is 2.02. The maximum atomic E-state index is 13.1. The summed E-state index contributed by atoms with van der Waals surface area (Å²) in [6.45, 7) is 0.237. The SMILES string of the molecule is COCc1nc(Cc2cccc(F)c2)[nH]c(=O)c1Br. The number of aromatic amines is 1. The van der Waals surface area contributed by atoms with Crippen LogP contribution in [0, 0.1) is 5.82 Å². The van der Waals surface area contributed by atoms with Gasteiger partial charge in [-0.3, -0.25) is 4.79 Å². The standard InChI is InChI=1S/C13H12BrFN2O2/c1-19-7-10-12(14)13(18)17-11(16-10)6-8-3-2-4-9(15)5-8/h2-5H,6-7H2,1H3,(H,16,17,18). The van der Waals surface area contributed by atoms with E-state index in [0.717, 1.165) is 5.56 Å². The van der Waals surface area contributed by atoms with Gasteiger partial charge in [-0.05, 0) is 33.6 Å². The summed E-state index contributed by atoms with van der Waals surface area (Å²) in [6.07, 6.45) is 0.358. The van der Waals surface area contributed by atoms with E-state index in [1.165, 1.54) is 19.2 Å². The minimum atomic E-state index is -0.311. The van der Waals surface area contributed by atoms with Crippen molar-refractivity contribution in [2.45, 2.75) is 13.0 Å². The third kappa shape index (κ3) is 3.48. The molecule has 0 spiro atoms. The second kappa shape index (κ2) is 6.08. The summed E-state index contributed by atoms with van der Waals surface area (Å²) in [5, 5.41) is 0. The second-order valence-corrected chi connectivity index (χ2v) is 4.81. The van der Waals surface area contributed by atoms with E-state index in [1.54, 1.807) is 12.1 Å². The highest BCUT2D eigenvalue weighted by Crippen LogP contribution is 2.12. The molecule has 6 heteroatoms. The normalized spacial score (nSPS) is 10.7. The van der Waals surface area contributed by atoms with Crippen LogP contribution in [-0.2, 0) is 17.8 Å². The molecule has 19 heavy (non-hydrogen) atoms. The Labute approximate surface area is 117 Å². The topological polar surface area (TPSA) is 55.0 Å². The molecule has 2 aromatic rings. The smallest absolute Gasteiger partial charge is 0.265 e. The van der Waals surface area contributed by atoms with Gasteiger partial charge in [-0.25, -0.2) is 9.37 Å². The number of benzene rings is 1. The van der Waals surface area contributed by atoms with E-state index in [4.69, 9.17) is 4.74 Å². The zero-order valence-electron chi connectivity index (χ0n) is 10.2. The first kappa shape index (κ1) is 13.9. The Hall–Kier alpha value is -1.53. The van der Waals surface area contributed by atoms with Crippen LogP contribution >= 0.6 is 15.9 Å². The molecule has 0 unspecified atom stereocenters. The van der Waals surface area contributed by atoms with Crippen molar-refractivity contribution in [1.82, 2.24) is 9.97 Å². The lowest BCUT2D eigenvalue weighted by Gasteiger charge is -2.06. The van der Waals surface area contributed by atoms with Crippen LogP contribution in [-0.4, -0.2) is 17.1 Å². The molecule has 1 aromatic carbocycles. The average Bonchev–Trinajstić information content (AvgIpc) is 2.35. The highest BCUT2D eigenvalue weighted by molar-refractivity contribution is 9.10. The maximum Gasteiger partial charge on any atom is 0.265 e. The molecule has 0 amide bonds. The van der Waals surface area contributed by atoms with E-state index < -0.39 is 0 Å². The molecule has 4 nitrogen and oxygen atoms in total. The number of rotatable bonds is 4. The molecule has 0 atom stereocenters. The first-order valence-electron chi connectivity index (χ1n) is 5.61. The summed E-state index contributed by atoms with van der Waals surface area (Å²) in [7, 11) is 1.53. The van der Waals surface area contributed by atoms with Crippen molar-refractivity contribution in [2.24, 2.45) is 0 Å². The first-order chi connectivity index (χ1) is 9.10. The van der Waals surface area contributed by atoms with E-state index >= 15 is 0 Å². The van der Waals surface area contributed by atoms with Crippen molar-refractivity contribution < 1.29 is 9.13 Å². The average molecular weight is 327 g/mol. The van der Waals surface area contributed by atoms with Gasteiger partial charge in [-0.15, -0.1) is 0 Å². The molecule has 1 N–H and O–H groups in total. The van der Waals surface area contributed by atoms with Gasteiger partial charge in [-0.1, -0.05) is 12.1 Å². The molecule has 100 valence electrons. The van der Waals surface area contributed by atoms with Crippen molar-refractivity contribution in [3.63, 3.8) is 0 Å². The molecule has 1 aromatic heterocycles. The van der Waals surface area contributed by atoms with E-state index in [9.17, 15) is 9.18 Å². The molecule has 0 aliphatic rings. The highest BCUT2D eigenvalue weighted by Gasteiger charge is 2.09. The van der Waals surface area contributed by atoms with Gasteiger partial charge in [-0.2, -0.15) is 0 Å². The molecule has 0 fully saturated rings. The number of nitrogens with one attached hydrogen (secondary N) is 1. The molecule has 0 radical (unpaired) electrons. The Bertz CT molecular complexity index is 643. The molecule has 1 heterocycles. The summed E-state index contributed by atoms with van der Waals surface area (Å²) in [6, 6.07) is 6.19. The molecule has 2 rings (SSSR count). The third-order valence-corrected chi connectivity index (χ3v) is 3.34. The lowest BCUT2D eigenvalue weighted by molar-refractivity contribution is 0.180. The third-order valence-electron chi connectivity index (χ3n) is 2.52. The molecule has 0 aliphatic carbocycles. The number of halogens is 2. The zero-order chi connectivity index (χ0) is 13.8. The number of hydrogen-bond donors (Lipinski definition) is 1. The fourth-order valence-electron chi connectivity index (χ4n) is 1.71. The first-order valence-corrected chi connectivity index (χ1v) is 6.40. The van der Waals surface area contributed by atoms with E-state index in [-0.39, 0.29) is 18.0 Å². The lowest BCUT2D eigenvalue weighted by Crippen LogP contribution is -2.16. The quantitative estimate of drug-likeness (QED) is 0.938. The van der Waals surface area contributed by atoms with Crippen LogP contribution in [0.5, 0.6) is 0 Å². The Morgan fingerprint density at radius 2 is 2.26 bits per heavy atom. The molecule has 0 saturated heterocycles. The highest BCUT2D eigenvalue weighted by atomic mass is 79.9. The maximum absolute atomic E-state index is 13.1. The monoisotopic (exact) mass is 326 g/mol.